The molecular formula is C31H37FN6O4. The molecule has 0 saturated carbocycles. The van der Waals surface area contributed by atoms with Crippen molar-refractivity contribution in [2.24, 2.45) is 0 Å². The average Bonchev–Trinajstić information content (AvgIpc) is 3.50. The topological polar surface area (TPSA) is 127 Å². The van der Waals surface area contributed by atoms with Gasteiger partial charge in [0, 0.05) is 30.9 Å². The number of alkyl halides is 1. The number of likely N-dealkylation sites (tertiary alicyclic amines) is 1. The number of aliphatic hydroxyl groups is 1. The minimum absolute atomic E-state index is 0.0325. The number of rotatable bonds is 8. The largest absolute Gasteiger partial charge is 0.389 e. The Morgan fingerprint density at radius 2 is 2.07 bits per heavy atom. The van der Waals surface area contributed by atoms with Gasteiger partial charge in [0.25, 0.3) is 11.5 Å². The molecule has 1 saturated heterocycles. The molecule has 1 aromatic carbocycles. The van der Waals surface area contributed by atoms with E-state index in [2.05, 4.69) is 32.2 Å². The molecule has 1 fully saturated rings. The van der Waals surface area contributed by atoms with Gasteiger partial charge in [-0.3, -0.25) is 9.59 Å². The van der Waals surface area contributed by atoms with Gasteiger partial charge in [0.1, 0.15) is 17.5 Å². The van der Waals surface area contributed by atoms with Gasteiger partial charge < -0.3 is 34.9 Å². The highest BCUT2D eigenvalue weighted by molar-refractivity contribution is 6.02. The van der Waals surface area contributed by atoms with E-state index in [0.717, 1.165) is 42.6 Å². The van der Waals surface area contributed by atoms with Crippen LogP contribution in [0.1, 0.15) is 42.6 Å². The number of nitrogens with zero attached hydrogens (tertiary/aromatic N) is 3. The fraction of sp³-hybridized carbons (Fsp3) is 0.452. The minimum Gasteiger partial charge on any atom is -0.389 e. The number of ether oxygens (including phenoxy) is 1. The predicted octanol–water partition coefficient (Wildman–Crippen LogP) is 3.37. The van der Waals surface area contributed by atoms with Crippen molar-refractivity contribution in [2.75, 3.05) is 38.6 Å². The smallest absolute Gasteiger partial charge is 0.261 e. The first kappa shape index (κ1) is 28.3. The quantitative estimate of drug-likeness (QED) is 0.324. The van der Waals surface area contributed by atoms with Crippen LogP contribution >= 0.6 is 0 Å². The molecule has 6 rings (SSSR count). The van der Waals surface area contributed by atoms with Crippen LogP contribution in [-0.2, 0) is 11.3 Å². The fourth-order valence-electron chi connectivity index (χ4n) is 6.15. The molecule has 0 radical (unpaired) electrons. The van der Waals surface area contributed by atoms with Crippen molar-refractivity contribution in [1.29, 1.82) is 0 Å². The molecule has 222 valence electrons. The Balaban J connectivity index is 1.16. The number of fused-ring (bicyclic) bond motifs is 2. The summed E-state index contributed by atoms with van der Waals surface area (Å²) in [7, 11) is 2.11. The summed E-state index contributed by atoms with van der Waals surface area (Å²) in [6.07, 6.45) is 6.65. The van der Waals surface area contributed by atoms with E-state index in [1.54, 1.807) is 18.2 Å². The van der Waals surface area contributed by atoms with E-state index < -0.39 is 17.9 Å². The van der Waals surface area contributed by atoms with Crippen LogP contribution < -0.4 is 10.9 Å². The van der Waals surface area contributed by atoms with E-state index in [0.29, 0.717) is 29.1 Å². The Bertz CT molecular complexity index is 1620. The minimum atomic E-state index is -1.66. The average molecular weight is 577 g/mol. The van der Waals surface area contributed by atoms with Crippen LogP contribution in [0.15, 0.2) is 53.0 Å². The number of pyridine rings is 1. The molecule has 2 aliphatic heterocycles. The molecule has 0 bridgehead atoms. The summed E-state index contributed by atoms with van der Waals surface area (Å²) >= 11 is 0. The molecule has 42 heavy (non-hydrogen) atoms. The lowest BCUT2D eigenvalue weighted by molar-refractivity contribution is -0.0365. The van der Waals surface area contributed by atoms with Crippen molar-refractivity contribution in [3.63, 3.8) is 0 Å². The van der Waals surface area contributed by atoms with Crippen LogP contribution in [-0.4, -0.2) is 93.0 Å². The first-order chi connectivity index (χ1) is 20.1. The number of aliphatic hydroxyl groups excluding tert-OH is 1. The van der Waals surface area contributed by atoms with Crippen molar-refractivity contribution in [3.05, 3.63) is 69.7 Å². The molecule has 1 aliphatic carbocycles. The van der Waals surface area contributed by atoms with E-state index in [1.807, 2.05) is 24.0 Å². The van der Waals surface area contributed by atoms with Crippen LogP contribution in [0.4, 0.5) is 10.1 Å². The Morgan fingerprint density at radius 3 is 2.83 bits per heavy atom. The molecule has 3 unspecified atom stereocenters. The number of hydrogen-bond acceptors (Lipinski definition) is 7. The highest BCUT2D eigenvalue weighted by Gasteiger charge is 2.35. The number of aromatic amines is 2. The number of hydrogen-bond donors (Lipinski definition) is 4. The molecule has 3 atom stereocenters. The van der Waals surface area contributed by atoms with Crippen molar-refractivity contribution in [3.8, 4) is 11.4 Å². The third-order valence-electron chi connectivity index (χ3n) is 8.46. The number of allylic oxidation sites excluding steroid dienone is 2. The summed E-state index contributed by atoms with van der Waals surface area (Å²) in [6.45, 7) is 5.78. The third kappa shape index (κ3) is 5.51. The Morgan fingerprint density at radius 1 is 1.29 bits per heavy atom. The lowest BCUT2D eigenvalue weighted by atomic mass is 9.93. The number of aromatic nitrogens is 3. The van der Waals surface area contributed by atoms with E-state index in [1.165, 1.54) is 19.2 Å². The molecule has 2 aromatic heterocycles. The molecule has 11 heteroatoms. The number of halogens is 1. The van der Waals surface area contributed by atoms with Crippen LogP contribution in [0.3, 0.4) is 0 Å². The molecule has 3 aromatic rings. The number of imidazole rings is 1. The summed E-state index contributed by atoms with van der Waals surface area (Å²) in [5.41, 5.74) is 2.51. The van der Waals surface area contributed by atoms with Gasteiger partial charge in [0.05, 0.1) is 29.4 Å². The molecule has 1 amide bonds. The Kier molecular flexibility index (Phi) is 7.50. The maximum Gasteiger partial charge on any atom is 0.261 e. The molecule has 0 spiro atoms. The summed E-state index contributed by atoms with van der Waals surface area (Å²) in [5.74, 6) is 0.385. The van der Waals surface area contributed by atoms with Gasteiger partial charge in [-0.25, -0.2) is 9.37 Å². The number of piperidine rings is 1. The lowest BCUT2D eigenvalue weighted by Gasteiger charge is -2.34. The van der Waals surface area contributed by atoms with E-state index in [4.69, 9.17) is 4.74 Å². The first-order valence-corrected chi connectivity index (χ1v) is 14.4. The predicted molar refractivity (Wildman–Crippen MR) is 159 cm³/mol. The molecule has 3 aliphatic rings. The zero-order chi connectivity index (χ0) is 29.6. The monoisotopic (exact) mass is 576 g/mol. The molecular weight excluding hydrogens is 539 g/mol. The number of H-pyrrole nitrogens is 2. The van der Waals surface area contributed by atoms with Crippen molar-refractivity contribution >= 4 is 22.6 Å². The zero-order valence-electron chi connectivity index (χ0n) is 24.1. The van der Waals surface area contributed by atoms with E-state index >= 15 is 0 Å². The van der Waals surface area contributed by atoms with Crippen LogP contribution in [0.2, 0.25) is 0 Å². The SMILES string of the molecule is CC1=CC(C)(F)C(OCC(O)CNc2cc[nH]c(=O)c2-c2nc3cc4c(cc3[nH]2)CN(C2CCN(C)CC2)C4=O)C=C1. The number of carbonyl (C=O) groups excluding carboxylic acids is 1. The number of anilines is 1. The molecule has 10 nitrogen and oxygen atoms in total. The standard InChI is InChI=1S/C31H37FN6O4/c1-18-4-5-26(31(2,32)14-18)42-17-21(39)15-34-23-6-9-33-29(40)27(23)28-35-24-12-19-16-38(20-7-10-37(3)11-8-20)30(41)22(19)13-25(24)36-28/h4-6,9,12-14,20-21,26,39H,7-8,10-11,15-17H2,1-3H3,(H,35,36)(H2,33,34,40). The van der Waals surface area contributed by atoms with Gasteiger partial charge in [-0.2, -0.15) is 0 Å². The van der Waals surface area contributed by atoms with Crippen molar-refractivity contribution in [2.45, 2.75) is 57.2 Å². The summed E-state index contributed by atoms with van der Waals surface area (Å²) in [5, 5.41) is 13.7. The van der Waals surface area contributed by atoms with Gasteiger partial charge in [0.2, 0.25) is 0 Å². The van der Waals surface area contributed by atoms with Gasteiger partial charge >= 0.3 is 0 Å². The maximum absolute atomic E-state index is 14.9. The second kappa shape index (κ2) is 11.1. The van der Waals surface area contributed by atoms with Gasteiger partial charge in [-0.05, 0) is 76.7 Å². The van der Waals surface area contributed by atoms with Crippen LogP contribution in [0.5, 0.6) is 0 Å². The Hall–Kier alpha value is -3.80. The third-order valence-corrected chi connectivity index (χ3v) is 8.46. The number of amides is 1. The maximum atomic E-state index is 14.9. The number of carbonyl (C=O) groups is 1. The molecule has 4 heterocycles. The second-order valence-corrected chi connectivity index (χ2v) is 11.9. The fourth-order valence-corrected chi connectivity index (χ4v) is 6.15. The van der Waals surface area contributed by atoms with Crippen molar-refractivity contribution < 1.29 is 19.0 Å². The van der Waals surface area contributed by atoms with E-state index in [-0.39, 0.29) is 36.2 Å². The normalized spacial score (nSPS) is 23.8. The number of benzene rings is 1. The van der Waals surface area contributed by atoms with E-state index in [9.17, 15) is 19.1 Å². The Labute approximate surface area is 243 Å². The van der Waals surface area contributed by atoms with Gasteiger partial charge in [-0.1, -0.05) is 17.7 Å². The summed E-state index contributed by atoms with van der Waals surface area (Å²) in [4.78, 5) is 41.1. The zero-order valence-corrected chi connectivity index (χ0v) is 24.1. The van der Waals surface area contributed by atoms with Gasteiger partial charge in [-0.15, -0.1) is 0 Å². The second-order valence-electron chi connectivity index (χ2n) is 11.9. The van der Waals surface area contributed by atoms with Crippen LogP contribution in [0.25, 0.3) is 22.4 Å². The summed E-state index contributed by atoms with van der Waals surface area (Å²) < 4.78 is 20.5. The highest BCUT2D eigenvalue weighted by Crippen LogP contribution is 2.33. The lowest BCUT2D eigenvalue weighted by Crippen LogP contribution is -2.43. The van der Waals surface area contributed by atoms with Crippen LogP contribution in [0, 0.1) is 0 Å². The highest BCUT2D eigenvalue weighted by atomic mass is 19.1. The van der Waals surface area contributed by atoms with Crippen molar-refractivity contribution in [1.82, 2.24) is 24.8 Å². The summed E-state index contributed by atoms with van der Waals surface area (Å²) in [6, 6.07) is 5.69. The van der Waals surface area contributed by atoms with Gasteiger partial charge in [0.15, 0.2) is 5.67 Å². The molecule has 4 N–H and O–H groups in total. The number of nitrogens with one attached hydrogen (secondary N) is 3. The first-order valence-electron chi connectivity index (χ1n) is 14.4.